The fraction of sp³-hybridized carbons (Fsp3) is 0.615. The van der Waals surface area contributed by atoms with Gasteiger partial charge >= 0.3 is 5.97 Å². The van der Waals surface area contributed by atoms with E-state index in [1.807, 2.05) is 11.3 Å². The van der Waals surface area contributed by atoms with Gasteiger partial charge < -0.3 is 5.11 Å². The zero-order chi connectivity index (χ0) is 11.8. The molecule has 1 aromatic rings. The van der Waals surface area contributed by atoms with Gasteiger partial charge in [0, 0.05) is 24.0 Å². The molecule has 2 heterocycles. The van der Waals surface area contributed by atoms with E-state index in [9.17, 15) is 4.79 Å². The van der Waals surface area contributed by atoms with Crippen LogP contribution in [0.1, 0.15) is 35.7 Å². The first-order valence-corrected chi connectivity index (χ1v) is 7.14. The molecule has 17 heavy (non-hydrogen) atoms. The van der Waals surface area contributed by atoms with Gasteiger partial charge in [0.1, 0.15) is 0 Å². The van der Waals surface area contributed by atoms with E-state index in [0.717, 1.165) is 13.1 Å². The first kappa shape index (κ1) is 11.2. The minimum absolute atomic E-state index is 0.333. The van der Waals surface area contributed by atoms with E-state index in [0.29, 0.717) is 18.4 Å². The summed E-state index contributed by atoms with van der Waals surface area (Å²) in [6.45, 7) is 1.93. The average molecular weight is 251 g/mol. The van der Waals surface area contributed by atoms with Gasteiger partial charge in [-0.3, -0.25) is 9.69 Å². The number of nitrogens with zero attached hydrogens (tertiary/aromatic N) is 1. The molecule has 1 aliphatic carbocycles. The van der Waals surface area contributed by atoms with Crippen molar-refractivity contribution in [1.82, 2.24) is 4.90 Å². The maximum absolute atomic E-state index is 10.6. The lowest BCUT2D eigenvalue weighted by Crippen LogP contribution is -2.49. The van der Waals surface area contributed by atoms with Crippen LogP contribution in [0.2, 0.25) is 0 Å². The summed E-state index contributed by atoms with van der Waals surface area (Å²) in [6, 6.07) is 2.82. The molecule has 92 valence electrons. The highest BCUT2D eigenvalue weighted by Crippen LogP contribution is 2.40. The Balaban J connectivity index is 1.63. The van der Waals surface area contributed by atoms with Crippen molar-refractivity contribution in [2.75, 3.05) is 13.1 Å². The molecule has 0 saturated carbocycles. The summed E-state index contributed by atoms with van der Waals surface area (Å²) in [7, 11) is 0. The predicted molar refractivity (Wildman–Crippen MR) is 67.3 cm³/mol. The third-order valence-electron chi connectivity index (χ3n) is 3.91. The predicted octanol–water partition coefficient (Wildman–Crippen LogP) is 2.53. The minimum atomic E-state index is -0.658. The summed E-state index contributed by atoms with van der Waals surface area (Å²) in [5, 5.41) is 10.9. The van der Waals surface area contributed by atoms with Crippen molar-refractivity contribution in [2.45, 2.75) is 31.7 Å². The maximum atomic E-state index is 10.6. The molecule has 0 radical (unpaired) electrons. The zero-order valence-corrected chi connectivity index (χ0v) is 10.6. The van der Waals surface area contributed by atoms with E-state index in [1.165, 1.54) is 24.8 Å². The molecule has 1 unspecified atom stereocenters. The van der Waals surface area contributed by atoms with Gasteiger partial charge in [0.2, 0.25) is 0 Å². The van der Waals surface area contributed by atoms with Crippen molar-refractivity contribution in [3.63, 3.8) is 0 Å². The molecule has 1 saturated heterocycles. The van der Waals surface area contributed by atoms with E-state index in [4.69, 9.17) is 5.11 Å². The summed E-state index contributed by atoms with van der Waals surface area (Å²) in [6.07, 6.45) is 4.08. The van der Waals surface area contributed by atoms with Crippen molar-refractivity contribution in [1.29, 1.82) is 0 Å². The third kappa shape index (κ3) is 2.11. The van der Waals surface area contributed by atoms with Crippen LogP contribution in [0.25, 0.3) is 0 Å². The van der Waals surface area contributed by atoms with Gasteiger partial charge in [0.25, 0.3) is 0 Å². The van der Waals surface area contributed by atoms with Crippen LogP contribution in [-0.4, -0.2) is 29.1 Å². The molecule has 1 aromatic heterocycles. The first-order chi connectivity index (χ1) is 8.24. The number of aliphatic carboxylic acids is 1. The topological polar surface area (TPSA) is 40.5 Å². The van der Waals surface area contributed by atoms with E-state index >= 15 is 0 Å². The number of thiophene rings is 1. The highest BCUT2D eigenvalue weighted by atomic mass is 32.1. The Labute approximate surface area is 105 Å². The Kier molecular flexibility index (Phi) is 2.92. The number of carboxylic acid groups (broad SMARTS) is 1. The molecule has 3 nitrogen and oxygen atoms in total. The zero-order valence-electron chi connectivity index (χ0n) is 9.76. The summed E-state index contributed by atoms with van der Waals surface area (Å²) in [5.41, 5.74) is 1.51. The Morgan fingerprint density at radius 1 is 1.53 bits per heavy atom. The molecule has 0 amide bonds. The monoisotopic (exact) mass is 251 g/mol. The summed E-state index contributed by atoms with van der Waals surface area (Å²) >= 11 is 1.87. The molecule has 1 atom stereocenters. The summed E-state index contributed by atoms with van der Waals surface area (Å²) in [4.78, 5) is 14.6. The van der Waals surface area contributed by atoms with Gasteiger partial charge in [-0.25, -0.2) is 0 Å². The van der Waals surface area contributed by atoms with Gasteiger partial charge in [-0.05, 0) is 42.2 Å². The van der Waals surface area contributed by atoms with E-state index in [-0.39, 0.29) is 0 Å². The lowest BCUT2D eigenvalue weighted by molar-refractivity contribution is -0.140. The molecule has 1 N–H and O–H groups in total. The number of likely N-dealkylation sites (tertiary alicyclic amines) is 1. The molecule has 0 spiro atoms. The number of aryl methyl sites for hydroxylation is 1. The second-order valence-corrected chi connectivity index (χ2v) is 6.13. The molecule has 3 rings (SSSR count). The van der Waals surface area contributed by atoms with Crippen molar-refractivity contribution in [2.24, 2.45) is 5.92 Å². The van der Waals surface area contributed by atoms with E-state index in [1.54, 1.807) is 4.88 Å². The molecule has 4 heteroatoms. The number of hydrogen-bond donors (Lipinski definition) is 1. The Bertz CT molecular complexity index is 423. The van der Waals surface area contributed by atoms with Crippen molar-refractivity contribution < 1.29 is 9.90 Å². The molecule has 0 bridgehead atoms. The average Bonchev–Trinajstić information content (AvgIpc) is 2.70. The third-order valence-corrected chi connectivity index (χ3v) is 4.91. The van der Waals surface area contributed by atoms with Crippen LogP contribution in [0.15, 0.2) is 11.4 Å². The first-order valence-electron chi connectivity index (χ1n) is 6.26. The van der Waals surface area contributed by atoms with Gasteiger partial charge in [-0.2, -0.15) is 0 Å². The van der Waals surface area contributed by atoms with E-state index < -0.39 is 5.97 Å². The van der Waals surface area contributed by atoms with Gasteiger partial charge in [-0.15, -0.1) is 11.3 Å². The van der Waals surface area contributed by atoms with Crippen LogP contribution in [0.4, 0.5) is 0 Å². The molecule has 0 aromatic carbocycles. The van der Waals surface area contributed by atoms with Crippen LogP contribution in [0.3, 0.4) is 0 Å². The van der Waals surface area contributed by atoms with Crippen LogP contribution in [0.5, 0.6) is 0 Å². The largest absolute Gasteiger partial charge is 0.481 e. The van der Waals surface area contributed by atoms with Gasteiger partial charge in [0.15, 0.2) is 0 Å². The SMILES string of the molecule is O=C(O)CC1CN(C2CCCc3sccc32)C1. The number of hydrogen-bond acceptors (Lipinski definition) is 3. The summed E-state index contributed by atoms with van der Waals surface area (Å²) < 4.78 is 0. The molecule has 1 aliphatic heterocycles. The smallest absolute Gasteiger partial charge is 0.303 e. The lowest BCUT2D eigenvalue weighted by atomic mass is 9.87. The fourth-order valence-electron chi connectivity index (χ4n) is 3.08. The molecular formula is C13H17NO2S. The Hall–Kier alpha value is -0.870. The minimum Gasteiger partial charge on any atom is -0.481 e. The van der Waals surface area contributed by atoms with Crippen LogP contribution < -0.4 is 0 Å². The molecule has 1 fully saturated rings. The van der Waals surface area contributed by atoms with Crippen molar-refractivity contribution >= 4 is 17.3 Å². The molecular weight excluding hydrogens is 234 g/mol. The fourth-order valence-corrected chi connectivity index (χ4v) is 4.06. The van der Waals surface area contributed by atoms with Crippen LogP contribution >= 0.6 is 11.3 Å². The second kappa shape index (κ2) is 4.42. The van der Waals surface area contributed by atoms with Gasteiger partial charge in [0.05, 0.1) is 6.42 Å². The molecule has 2 aliphatic rings. The van der Waals surface area contributed by atoms with Crippen molar-refractivity contribution in [3.05, 3.63) is 21.9 Å². The number of carbonyl (C=O) groups is 1. The summed E-state index contributed by atoms with van der Waals surface area (Å²) in [5.74, 6) is -0.286. The quantitative estimate of drug-likeness (QED) is 0.897. The van der Waals surface area contributed by atoms with Crippen LogP contribution in [-0.2, 0) is 11.2 Å². The normalized spacial score (nSPS) is 25.3. The Morgan fingerprint density at radius 3 is 3.12 bits per heavy atom. The number of rotatable bonds is 3. The number of fused-ring (bicyclic) bond motifs is 1. The Morgan fingerprint density at radius 2 is 2.35 bits per heavy atom. The highest BCUT2D eigenvalue weighted by molar-refractivity contribution is 7.10. The second-order valence-electron chi connectivity index (χ2n) is 5.12. The standard InChI is InChI=1S/C13H17NO2S/c15-13(16)6-9-7-14(8-9)11-2-1-3-12-10(11)4-5-17-12/h4-5,9,11H,1-3,6-8H2,(H,15,16). The van der Waals surface area contributed by atoms with E-state index in [2.05, 4.69) is 16.3 Å². The van der Waals surface area contributed by atoms with Crippen LogP contribution in [0, 0.1) is 5.92 Å². The van der Waals surface area contributed by atoms with Crippen molar-refractivity contribution in [3.8, 4) is 0 Å². The van der Waals surface area contributed by atoms with Gasteiger partial charge in [-0.1, -0.05) is 0 Å². The highest BCUT2D eigenvalue weighted by Gasteiger charge is 2.36. The lowest BCUT2D eigenvalue weighted by Gasteiger charge is -2.45. The maximum Gasteiger partial charge on any atom is 0.303 e. The number of carboxylic acids is 1.